The van der Waals surface area contributed by atoms with E-state index in [1.807, 2.05) is 24.3 Å². The van der Waals surface area contributed by atoms with E-state index >= 15 is 0 Å². The third kappa shape index (κ3) is 9.01. The van der Waals surface area contributed by atoms with Gasteiger partial charge in [0, 0.05) is 14.7 Å². The van der Waals surface area contributed by atoms with Gasteiger partial charge in [-0.05, 0) is 23.7 Å². The molecular formula is C20H32LiNO2Si. The van der Waals surface area contributed by atoms with Crippen LogP contribution in [0.2, 0.25) is 25.7 Å². The molecule has 0 saturated heterocycles. The van der Waals surface area contributed by atoms with Crippen LogP contribution in [0, 0.1) is 0 Å². The Hall–Kier alpha value is -0.666. The molecule has 1 saturated carbocycles. The van der Waals surface area contributed by atoms with Gasteiger partial charge in [0.05, 0.1) is 0 Å². The summed E-state index contributed by atoms with van der Waals surface area (Å²) in [6.07, 6.45) is 6.32. The Kier molecular flexibility index (Phi) is 9.96. The topological polar surface area (TPSA) is 32.6 Å². The largest absolute Gasteiger partial charge is 1.00 e. The fourth-order valence-corrected chi connectivity index (χ4v) is 3.57. The van der Waals surface area contributed by atoms with Crippen molar-refractivity contribution in [2.75, 3.05) is 13.4 Å². The van der Waals surface area contributed by atoms with E-state index in [4.69, 9.17) is 14.8 Å². The maximum atomic E-state index is 5.71. The first kappa shape index (κ1) is 22.4. The molecule has 2 rings (SSSR count). The molecule has 25 heavy (non-hydrogen) atoms. The van der Waals surface area contributed by atoms with Crippen LogP contribution in [0.1, 0.15) is 37.7 Å². The van der Waals surface area contributed by atoms with Crippen LogP contribution >= 0.6 is 0 Å². The number of hydrogen-bond acceptors (Lipinski definition) is 2. The summed E-state index contributed by atoms with van der Waals surface area (Å²) in [6.45, 7) is 12.3. The van der Waals surface area contributed by atoms with Crippen molar-refractivity contribution in [1.82, 2.24) is 0 Å². The molecule has 1 aromatic rings. The standard InChI is InChI=1S/C20H32NO2Si.Li/c1-17(21-19-10-6-5-7-11-19)18-9-8-12-20(15-18)23-16-22-13-14-24(2,3)4;/h8-9,12,15,19H,1,5-7,10-11,13-14,16H2,2-4H3;/q-1;+1. The van der Waals surface area contributed by atoms with Crippen LogP contribution in [0.3, 0.4) is 0 Å². The molecule has 1 aliphatic rings. The van der Waals surface area contributed by atoms with Crippen molar-refractivity contribution in [3.63, 3.8) is 0 Å². The van der Waals surface area contributed by atoms with Gasteiger partial charge in [-0.1, -0.05) is 63.9 Å². The Labute approximate surface area is 166 Å². The summed E-state index contributed by atoms with van der Waals surface area (Å²) in [5.41, 5.74) is 1.91. The molecule has 1 fully saturated rings. The molecule has 0 heterocycles. The third-order valence-corrected chi connectivity index (χ3v) is 6.09. The van der Waals surface area contributed by atoms with Crippen molar-refractivity contribution in [2.24, 2.45) is 0 Å². The van der Waals surface area contributed by atoms with E-state index in [9.17, 15) is 0 Å². The Morgan fingerprint density at radius 1 is 1.20 bits per heavy atom. The van der Waals surface area contributed by atoms with E-state index in [-0.39, 0.29) is 18.9 Å². The molecule has 0 amide bonds. The predicted molar refractivity (Wildman–Crippen MR) is 105 cm³/mol. The second-order valence-corrected chi connectivity index (χ2v) is 13.5. The van der Waals surface area contributed by atoms with Crippen molar-refractivity contribution >= 4 is 13.8 Å². The third-order valence-electron chi connectivity index (χ3n) is 4.39. The summed E-state index contributed by atoms with van der Waals surface area (Å²) < 4.78 is 11.3. The summed E-state index contributed by atoms with van der Waals surface area (Å²) >= 11 is 0. The van der Waals surface area contributed by atoms with Crippen molar-refractivity contribution in [2.45, 2.75) is 63.8 Å². The fraction of sp³-hybridized carbons (Fsp3) is 0.600. The zero-order valence-corrected chi connectivity index (χ0v) is 17.5. The molecule has 0 aliphatic heterocycles. The maximum Gasteiger partial charge on any atom is 1.00 e. The molecule has 5 heteroatoms. The molecule has 3 nitrogen and oxygen atoms in total. The van der Waals surface area contributed by atoms with Crippen LogP contribution in [0.4, 0.5) is 0 Å². The molecule has 0 N–H and O–H groups in total. The molecule has 134 valence electrons. The quantitative estimate of drug-likeness (QED) is 0.388. The second kappa shape index (κ2) is 11.1. The van der Waals surface area contributed by atoms with Gasteiger partial charge >= 0.3 is 18.9 Å². The maximum absolute atomic E-state index is 5.71. The summed E-state index contributed by atoms with van der Waals surface area (Å²) in [4.78, 5) is 0. The summed E-state index contributed by atoms with van der Waals surface area (Å²) in [7, 11) is -1.04. The molecule has 0 spiro atoms. The van der Waals surface area contributed by atoms with Crippen molar-refractivity contribution in [3.05, 3.63) is 41.7 Å². The van der Waals surface area contributed by atoms with E-state index in [0.29, 0.717) is 12.8 Å². The fourth-order valence-electron chi connectivity index (χ4n) is 2.82. The summed E-state index contributed by atoms with van der Waals surface area (Å²) in [6, 6.07) is 9.62. The molecule has 1 aromatic carbocycles. The van der Waals surface area contributed by atoms with Gasteiger partial charge in [-0.25, -0.2) is 0 Å². The van der Waals surface area contributed by atoms with Crippen molar-refractivity contribution in [1.29, 1.82) is 0 Å². The number of ether oxygens (including phenoxy) is 2. The van der Waals surface area contributed by atoms with Gasteiger partial charge in [-0.3, -0.25) is 0 Å². The number of hydrogen-bond donors (Lipinski definition) is 0. The van der Waals surface area contributed by atoms with Gasteiger partial charge in [0.15, 0.2) is 6.79 Å². The van der Waals surface area contributed by atoms with Gasteiger partial charge in [0.1, 0.15) is 5.75 Å². The van der Waals surface area contributed by atoms with Gasteiger partial charge in [-0.15, -0.1) is 18.3 Å². The molecule has 0 atom stereocenters. The summed E-state index contributed by atoms with van der Waals surface area (Å²) in [5.74, 6) is 0.820. The first-order valence-corrected chi connectivity index (χ1v) is 12.9. The van der Waals surface area contributed by atoms with Gasteiger partial charge in [0.2, 0.25) is 0 Å². The second-order valence-electron chi connectivity index (χ2n) is 7.88. The Balaban J connectivity index is 0.00000312. The SMILES string of the molecule is C=C([N-]C1CCCCC1)c1cccc(OCOCC[Si](C)(C)C)c1.[Li+]. The zero-order chi connectivity index (χ0) is 17.4. The smallest absolute Gasteiger partial charge is 0.682 e. The van der Waals surface area contributed by atoms with E-state index in [0.717, 1.165) is 29.7 Å². The molecule has 0 bridgehead atoms. The van der Waals surface area contributed by atoms with Crippen LogP contribution < -0.4 is 23.6 Å². The zero-order valence-electron chi connectivity index (χ0n) is 16.5. The van der Waals surface area contributed by atoms with Crippen LogP contribution in [0.15, 0.2) is 30.8 Å². The molecule has 0 unspecified atom stereocenters. The number of rotatable bonds is 9. The van der Waals surface area contributed by atoms with Crippen molar-refractivity contribution in [3.8, 4) is 5.75 Å². The Bertz CT molecular complexity index is 525. The number of benzene rings is 1. The molecule has 0 radical (unpaired) electrons. The molecular weight excluding hydrogens is 321 g/mol. The van der Waals surface area contributed by atoms with Gasteiger partial charge in [-0.2, -0.15) is 0 Å². The first-order chi connectivity index (χ1) is 11.4. The molecule has 1 aliphatic carbocycles. The van der Waals surface area contributed by atoms with Gasteiger partial charge in [0.25, 0.3) is 0 Å². The average molecular weight is 354 g/mol. The minimum atomic E-state index is -1.04. The van der Waals surface area contributed by atoms with E-state index in [1.54, 1.807) is 0 Å². The van der Waals surface area contributed by atoms with E-state index < -0.39 is 8.07 Å². The van der Waals surface area contributed by atoms with E-state index in [1.165, 1.54) is 32.1 Å². The predicted octanol–water partition coefficient (Wildman–Crippen LogP) is 3.06. The first-order valence-electron chi connectivity index (χ1n) is 9.15. The minimum absolute atomic E-state index is 0. The van der Waals surface area contributed by atoms with Gasteiger partial charge < -0.3 is 14.8 Å². The van der Waals surface area contributed by atoms with Crippen LogP contribution in [0.25, 0.3) is 11.0 Å². The average Bonchev–Trinajstić information content (AvgIpc) is 2.55. The molecule has 0 aromatic heterocycles. The number of nitrogens with zero attached hydrogens (tertiary/aromatic N) is 1. The van der Waals surface area contributed by atoms with Crippen molar-refractivity contribution < 1.29 is 28.3 Å². The Morgan fingerprint density at radius 2 is 1.92 bits per heavy atom. The van der Waals surface area contributed by atoms with E-state index in [2.05, 4.69) is 26.2 Å². The Morgan fingerprint density at radius 3 is 2.60 bits per heavy atom. The van der Waals surface area contributed by atoms with Crippen LogP contribution in [-0.4, -0.2) is 27.5 Å². The van der Waals surface area contributed by atoms with Crippen LogP contribution in [0.5, 0.6) is 5.75 Å². The van der Waals surface area contributed by atoms with Crippen LogP contribution in [-0.2, 0) is 4.74 Å². The normalized spacial score (nSPS) is 15.3. The monoisotopic (exact) mass is 353 g/mol. The minimum Gasteiger partial charge on any atom is -0.682 e. The summed E-state index contributed by atoms with van der Waals surface area (Å²) in [5, 5.41) is 4.81.